The first kappa shape index (κ1) is 25.0. The summed E-state index contributed by atoms with van der Waals surface area (Å²) in [6, 6.07) is 14.1. The number of rotatable bonds is 8. The molecule has 1 aliphatic heterocycles. The van der Waals surface area contributed by atoms with Crippen molar-refractivity contribution in [3.8, 4) is 0 Å². The normalized spacial score (nSPS) is 17.1. The summed E-state index contributed by atoms with van der Waals surface area (Å²) in [5.74, 6) is 0.208. The molecule has 9 heteroatoms. The van der Waals surface area contributed by atoms with Gasteiger partial charge in [0.25, 0.3) is 0 Å². The van der Waals surface area contributed by atoms with E-state index in [-0.39, 0.29) is 43.2 Å². The van der Waals surface area contributed by atoms with Gasteiger partial charge in [-0.1, -0.05) is 37.3 Å². The highest BCUT2D eigenvalue weighted by atomic mass is 16.4. The van der Waals surface area contributed by atoms with Crippen LogP contribution in [0.5, 0.6) is 0 Å². The lowest BCUT2D eigenvalue weighted by molar-refractivity contribution is -0.137. The molecule has 4 rings (SSSR count). The number of carbonyl (C=O) groups excluding carboxylic acids is 2. The average Bonchev–Trinajstić information content (AvgIpc) is 3.46. The van der Waals surface area contributed by atoms with Crippen LogP contribution in [0.1, 0.15) is 48.6 Å². The molecule has 3 N–H and O–H groups in total. The number of likely N-dealkylation sites (tertiary alicyclic amines) is 1. The molecule has 0 radical (unpaired) electrons. The van der Waals surface area contributed by atoms with Crippen LogP contribution in [0.2, 0.25) is 0 Å². The first-order chi connectivity index (χ1) is 17.3. The number of para-hydroxylation sites is 1. The summed E-state index contributed by atoms with van der Waals surface area (Å²) in [6.45, 7) is 4.59. The second-order valence-electron chi connectivity index (χ2n) is 9.12. The van der Waals surface area contributed by atoms with E-state index in [2.05, 4.69) is 22.5 Å². The number of aromatic nitrogens is 1. The molecule has 0 spiro atoms. The summed E-state index contributed by atoms with van der Waals surface area (Å²) in [7, 11) is 0. The quantitative estimate of drug-likeness (QED) is 0.417. The Kier molecular flexibility index (Phi) is 7.68. The second-order valence-corrected chi connectivity index (χ2v) is 9.12. The first-order valence-corrected chi connectivity index (χ1v) is 12.0. The number of aryl methyl sites for hydroxylation is 2. The Hall–Kier alpha value is -4.14. The fourth-order valence-electron chi connectivity index (χ4n) is 4.39. The van der Waals surface area contributed by atoms with Gasteiger partial charge in [0.1, 0.15) is 11.8 Å². The number of nitrogens with one attached hydrogen (secondary N) is 2. The summed E-state index contributed by atoms with van der Waals surface area (Å²) in [5, 5.41) is 14.5. The summed E-state index contributed by atoms with van der Waals surface area (Å²) in [4.78, 5) is 42.4. The third-order valence-corrected chi connectivity index (χ3v) is 6.39. The van der Waals surface area contributed by atoms with Crippen LogP contribution in [-0.4, -0.2) is 39.4 Å². The number of anilines is 2. The standard InChI is InChI=1S/C27H30N4O5/c1-17-5-3-4-6-22(17)30-27(35)29-20-9-7-19(8-10-20)15-23(32)31-14-13-18(2)25(31)26-28-16-21(36-26)11-12-24(33)34/h3-10,16,18,25H,11-15H2,1-2H3,(H,33,34)(H2,29,30,35). The summed E-state index contributed by atoms with van der Waals surface area (Å²) < 4.78 is 5.81. The Bertz CT molecular complexity index is 1240. The molecule has 188 valence electrons. The van der Waals surface area contributed by atoms with Crippen LogP contribution in [0, 0.1) is 12.8 Å². The summed E-state index contributed by atoms with van der Waals surface area (Å²) in [6.07, 6.45) is 2.83. The maximum Gasteiger partial charge on any atom is 0.323 e. The molecule has 2 aromatic carbocycles. The van der Waals surface area contributed by atoms with Crippen LogP contribution in [0.3, 0.4) is 0 Å². The average molecular weight is 491 g/mol. The molecular weight excluding hydrogens is 460 g/mol. The van der Waals surface area contributed by atoms with E-state index in [1.54, 1.807) is 23.2 Å². The third-order valence-electron chi connectivity index (χ3n) is 6.39. The maximum atomic E-state index is 13.2. The van der Waals surface area contributed by atoms with E-state index >= 15 is 0 Å². The van der Waals surface area contributed by atoms with Crippen LogP contribution in [0.15, 0.2) is 59.1 Å². The van der Waals surface area contributed by atoms with E-state index in [4.69, 9.17) is 9.52 Å². The SMILES string of the molecule is Cc1ccccc1NC(=O)Nc1ccc(CC(=O)N2CCC(C)C2c2ncc(CCC(=O)O)o2)cc1. The third kappa shape index (κ3) is 6.10. The van der Waals surface area contributed by atoms with Crippen molar-refractivity contribution in [3.63, 3.8) is 0 Å². The fraction of sp³-hybridized carbons (Fsp3) is 0.333. The predicted octanol–water partition coefficient (Wildman–Crippen LogP) is 4.80. The molecule has 2 unspecified atom stereocenters. The zero-order chi connectivity index (χ0) is 25.7. The van der Waals surface area contributed by atoms with E-state index in [0.717, 1.165) is 23.2 Å². The Labute approximate surface area is 209 Å². The van der Waals surface area contributed by atoms with Crippen molar-refractivity contribution in [1.29, 1.82) is 0 Å². The molecule has 36 heavy (non-hydrogen) atoms. The molecule has 9 nitrogen and oxygen atoms in total. The number of aliphatic carboxylic acids is 1. The lowest BCUT2D eigenvalue weighted by Crippen LogP contribution is -2.33. The molecule has 0 bridgehead atoms. The number of hydrogen-bond donors (Lipinski definition) is 3. The highest BCUT2D eigenvalue weighted by Crippen LogP contribution is 2.37. The number of benzene rings is 2. The predicted molar refractivity (Wildman–Crippen MR) is 135 cm³/mol. The number of carboxylic acid groups (broad SMARTS) is 1. The number of hydrogen-bond acceptors (Lipinski definition) is 5. The minimum absolute atomic E-state index is 0.0318. The highest BCUT2D eigenvalue weighted by molar-refractivity contribution is 6.00. The monoisotopic (exact) mass is 490 g/mol. The van der Waals surface area contributed by atoms with Gasteiger partial charge in [-0.3, -0.25) is 9.59 Å². The number of oxazole rings is 1. The van der Waals surface area contributed by atoms with Crippen LogP contribution >= 0.6 is 0 Å². The molecule has 2 heterocycles. The topological polar surface area (TPSA) is 125 Å². The second kappa shape index (κ2) is 11.1. The van der Waals surface area contributed by atoms with Gasteiger partial charge in [0.05, 0.1) is 19.0 Å². The molecule has 3 aromatic rings. The molecule has 3 amide bonds. The highest BCUT2D eigenvalue weighted by Gasteiger charge is 2.38. The van der Waals surface area contributed by atoms with E-state index < -0.39 is 5.97 Å². The molecule has 0 aliphatic carbocycles. The Morgan fingerprint density at radius 2 is 1.86 bits per heavy atom. The van der Waals surface area contributed by atoms with Crippen molar-refractivity contribution < 1.29 is 23.9 Å². The van der Waals surface area contributed by atoms with Gasteiger partial charge in [-0.2, -0.15) is 0 Å². The van der Waals surface area contributed by atoms with Crippen LogP contribution in [0.25, 0.3) is 0 Å². The van der Waals surface area contributed by atoms with Gasteiger partial charge in [-0.05, 0) is 48.6 Å². The summed E-state index contributed by atoms with van der Waals surface area (Å²) in [5.41, 5.74) is 3.17. The number of nitrogens with zero attached hydrogens (tertiary/aromatic N) is 2. The van der Waals surface area contributed by atoms with E-state index in [1.165, 1.54) is 0 Å². The van der Waals surface area contributed by atoms with Gasteiger partial charge < -0.3 is 25.1 Å². The van der Waals surface area contributed by atoms with Crippen molar-refractivity contribution in [3.05, 3.63) is 77.5 Å². The van der Waals surface area contributed by atoms with Gasteiger partial charge in [0, 0.05) is 24.3 Å². The lowest BCUT2D eigenvalue weighted by Gasteiger charge is -2.24. The Morgan fingerprint density at radius 3 is 2.58 bits per heavy atom. The molecule has 1 aromatic heterocycles. The maximum absolute atomic E-state index is 13.2. The van der Waals surface area contributed by atoms with E-state index in [9.17, 15) is 14.4 Å². The van der Waals surface area contributed by atoms with Crippen molar-refractivity contribution >= 4 is 29.3 Å². The van der Waals surface area contributed by atoms with E-state index in [1.807, 2.05) is 43.3 Å². The van der Waals surface area contributed by atoms with E-state index in [0.29, 0.717) is 23.9 Å². The molecule has 1 aliphatic rings. The van der Waals surface area contributed by atoms with Crippen molar-refractivity contribution in [2.24, 2.45) is 5.92 Å². The lowest BCUT2D eigenvalue weighted by atomic mass is 10.0. The van der Waals surface area contributed by atoms with Crippen molar-refractivity contribution in [1.82, 2.24) is 9.88 Å². The largest absolute Gasteiger partial charge is 0.481 e. The zero-order valence-corrected chi connectivity index (χ0v) is 20.4. The number of urea groups is 1. The first-order valence-electron chi connectivity index (χ1n) is 12.0. The van der Waals surface area contributed by atoms with Gasteiger partial charge in [0.15, 0.2) is 0 Å². The molecular formula is C27H30N4O5. The van der Waals surface area contributed by atoms with Crippen LogP contribution in [0.4, 0.5) is 16.2 Å². The Morgan fingerprint density at radius 1 is 1.11 bits per heavy atom. The minimum atomic E-state index is -0.896. The molecule has 1 fully saturated rings. The van der Waals surface area contributed by atoms with Gasteiger partial charge in [-0.15, -0.1) is 0 Å². The fourth-order valence-corrected chi connectivity index (χ4v) is 4.39. The number of carboxylic acids is 1. The Balaban J connectivity index is 1.35. The molecule has 0 saturated carbocycles. The number of carbonyl (C=O) groups is 3. The molecule has 1 saturated heterocycles. The smallest absolute Gasteiger partial charge is 0.323 e. The number of amides is 3. The van der Waals surface area contributed by atoms with Crippen molar-refractivity contribution in [2.45, 2.75) is 45.6 Å². The van der Waals surface area contributed by atoms with Gasteiger partial charge >= 0.3 is 12.0 Å². The van der Waals surface area contributed by atoms with Crippen LogP contribution in [-0.2, 0) is 22.4 Å². The summed E-state index contributed by atoms with van der Waals surface area (Å²) >= 11 is 0. The van der Waals surface area contributed by atoms with Gasteiger partial charge in [0.2, 0.25) is 11.8 Å². The molecule has 2 atom stereocenters. The van der Waals surface area contributed by atoms with Crippen molar-refractivity contribution in [2.75, 3.05) is 17.2 Å². The zero-order valence-electron chi connectivity index (χ0n) is 20.4. The minimum Gasteiger partial charge on any atom is -0.481 e. The van der Waals surface area contributed by atoms with Crippen LogP contribution < -0.4 is 10.6 Å². The van der Waals surface area contributed by atoms with Gasteiger partial charge in [-0.25, -0.2) is 9.78 Å².